The van der Waals surface area contributed by atoms with E-state index in [2.05, 4.69) is 52.3 Å². The molecular formula is C26H42ClN10O7+. The minimum atomic E-state index is -1.24. The van der Waals surface area contributed by atoms with Crippen LogP contribution in [-0.2, 0) is 9.59 Å². The van der Waals surface area contributed by atoms with Gasteiger partial charge in [-0.25, -0.2) is 9.97 Å². The number of carboxylic acid groups (broad SMARTS) is 1. The molecule has 0 saturated heterocycles. The van der Waals surface area contributed by atoms with Crippen LogP contribution in [0.2, 0.25) is 0 Å². The van der Waals surface area contributed by atoms with Crippen LogP contribution >= 0.6 is 12.4 Å². The molecule has 0 aliphatic heterocycles. The first-order valence-corrected chi connectivity index (χ1v) is 13.8. The number of nitrogens with one attached hydrogen (secondary N) is 7. The van der Waals surface area contributed by atoms with Crippen LogP contribution in [0, 0.1) is 5.92 Å². The van der Waals surface area contributed by atoms with E-state index in [4.69, 9.17) is 5.11 Å². The smallest absolute Gasteiger partial charge is 0.325 e. The Morgan fingerprint density at radius 1 is 0.795 bits per heavy atom. The average Bonchev–Trinajstić information content (AvgIpc) is 3.62. The van der Waals surface area contributed by atoms with Crippen LogP contribution in [0.15, 0.2) is 12.7 Å². The number of rotatable bonds is 17. The van der Waals surface area contributed by atoms with E-state index in [9.17, 15) is 28.8 Å². The number of H-pyrrole nitrogens is 2. The highest BCUT2D eigenvalue weighted by molar-refractivity contribution is 6.06. The summed E-state index contributed by atoms with van der Waals surface area (Å²) in [5.74, 6) is -3.93. The van der Waals surface area contributed by atoms with E-state index < -0.39 is 47.7 Å². The van der Waals surface area contributed by atoms with Crippen molar-refractivity contribution in [1.82, 2.24) is 46.5 Å². The van der Waals surface area contributed by atoms with Gasteiger partial charge in [-0.2, -0.15) is 0 Å². The molecule has 0 spiro atoms. The predicted octanol–water partition coefficient (Wildman–Crippen LogP) is -1.76. The fraction of sp³-hybridized carbons (Fsp3) is 0.538. The topological polar surface area (TPSA) is 268 Å². The molecule has 17 nitrogen and oxygen atoms in total. The van der Waals surface area contributed by atoms with Gasteiger partial charge < -0.3 is 47.4 Å². The predicted molar refractivity (Wildman–Crippen MR) is 159 cm³/mol. The second-order valence-electron chi connectivity index (χ2n) is 10.5. The molecular weight excluding hydrogens is 600 g/mol. The van der Waals surface area contributed by atoms with Crippen molar-refractivity contribution >= 4 is 47.8 Å². The molecule has 0 aliphatic rings. The molecule has 2 rings (SSSR count). The largest absolute Gasteiger partial charge is 0.480 e. The number of carbonyl (C=O) groups excluding carboxylic acids is 5. The summed E-state index contributed by atoms with van der Waals surface area (Å²) in [4.78, 5) is 87.0. The summed E-state index contributed by atoms with van der Waals surface area (Å²) in [6.45, 7) is 8.99. The van der Waals surface area contributed by atoms with Crippen molar-refractivity contribution in [3.05, 3.63) is 35.4 Å². The minimum absolute atomic E-state index is 0. The lowest BCUT2D eigenvalue weighted by Gasteiger charge is -2.17. The average molecular weight is 642 g/mol. The molecule has 0 bridgehead atoms. The van der Waals surface area contributed by atoms with Crippen LogP contribution in [0.1, 0.15) is 83.0 Å². The summed E-state index contributed by atoms with van der Waals surface area (Å²) in [5.41, 5.74) is 3.28. The number of aromatic nitrogens is 4. The Morgan fingerprint density at radius 2 is 1.30 bits per heavy atom. The van der Waals surface area contributed by atoms with Crippen LogP contribution in [-0.4, -0.2) is 104 Å². The summed E-state index contributed by atoms with van der Waals surface area (Å²) in [5, 5.41) is 22.1. The first-order chi connectivity index (χ1) is 20.2. The highest BCUT2D eigenvalue weighted by Crippen LogP contribution is 2.08. The number of aromatic amines is 2. The Labute approximate surface area is 260 Å². The lowest BCUT2D eigenvalue weighted by molar-refractivity contribution is -0.373. The number of hydrogen-bond acceptors (Lipinski definition) is 9. The minimum Gasteiger partial charge on any atom is -0.480 e. The van der Waals surface area contributed by atoms with Gasteiger partial charge in [0, 0.05) is 12.6 Å². The summed E-state index contributed by atoms with van der Waals surface area (Å²) < 4.78 is 0. The van der Waals surface area contributed by atoms with Gasteiger partial charge in [-0.1, -0.05) is 13.8 Å². The highest BCUT2D eigenvalue weighted by Gasteiger charge is 2.26. The number of carboxylic acids is 1. The Morgan fingerprint density at radius 3 is 1.77 bits per heavy atom. The van der Waals surface area contributed by atoms with Crippen molar-refractivity contribution in [1.29, 1.82) is 0 Å². The molecule has 2 aromatic heterocycles. The van der Waals surface area contributed by atoms with Crippen LogP contribution in [0.4, 0.5) is 0 Å². The van der Waals surface area contributed by atoms with Crippen LogP contribution in [0.3, 0.4) is 0 Å². The Kier molecular flexibility index (Phi) is 15.1. The van der Waals surface area contributed by atoms with Crippen molar-refractivity contribution in [2.45, 2.75) is 65.2 Å². The summed E-state index contributed by atoms with van der Waals surface area (Å²) in [7, 11) is 0. The lowest BCUT2D eigenvalue weighted by atomic mass is 10.0. The van der Waals surface area contributed by atoms with Crippen molar-refractivity contribution < 1.29 is 39.6 Å². The molecule has 0 radical (unpaired) electrons. The number of halogens is 1. The first kappa shape index (κ1) is 37.7. The maximum absolute atomic E-state index is 12.8. The number of quaternary nitrogens is 1. The normalized spacial score (nSPS) is 13.5. The number of ketones is 1. The van der Waals surface area contributed by atoms with Crippen molar-refractivity contribution in [3.8, 4) is 0 Å². The molecule has 0 saturated carbocycles. The second-order valence-corrected chi connectivity index (χ2v) is 10.5. The Balaban J connectivity index is 0.00000968. The zero-order chi connectivity index (χ0) is 32.3. The van der Waals surface area contributed by atoms with E-state index in [0.717, 1.165) is 12.7 Å². The highest BCUT2D eigenvalue weighted by atomic mass is 35.5. The van der Waals surface area contributed by atoms with Crippen LogP contribution in [0.25, 0.3) is 0 Å². The molecule has 0 unspecified atom stereocenters. The number of nitrogens with zero attached hydrogens (tertiary/aromatic N) is 2. The van der Waals surface area contributed by atoms with E-state index >= 15 is 0 Å². The van der Waals surface area contributed by atoms with Crippen LogP contribution < -0.4 is 32.3 Å². The molecule has 0 fully saturated rings. The standard InChI is InChI=1S/C26H40N10O7.ClH/c1-12(2)6-16(7-27)36-25(41)21-20(31-11-32-21)23(39)34-14(4)17(37)9-28-8-13(3)33-22(38)18-19(30-10-29-18)24(40)35-15(5)26(42)43;/h10-16,28H,6-9,27H2,1-5H3,(H,29,30)(H,31,32)(H,33,38)(H,34,39)(H,35,40)(H,36,41)(H,42,43);1H/p+1/t13-,14-,15-,16-;/m0./s1. The Hall–Kier alpha value is -4.35. The van der Waals surface area contributed by atoms with E-state index in [1.807, 2.05) is 13.8 Å². The molecule has 4 atom stereocenters. The molecule has 2 aromatic rings. The number of amides is 4. The number of aliphatic carboxylic acids is 1. The van der Waals surface area contributed by atoms with Gasteiger partial charge in [0.25, 0.3) is 23.6 Å². The van der Waals surface area contributed by atoms with E-state index in [0.29, 0.717) is 12.5 Å². The van der Waals surface area contributed by atoms with Gasteiger partial charge in [-0.3, -0.25) is 28.8 Å². The summed E-state index contributed by atoms with van der Waals surface area (Å²) >= 11 is 0. The van der Waals surface area contributed by atoms with Gasteiger partial charge in [-0.15, -0.1) is 12.4 Å². The van der Waals surface area contributed by atoms with Gasteiger partial charge in [-0.05, 0) is 33.1 Å². The van der Waals surface area contributed by atoms with E-state index in [1.54, 1.807) is 6.92 Å². The molecule has 18 heteroatoms. The zero-order valence-corrected chi connectivity index (χ0v) is 26.1. The van der Waals surface area contributed by atoms with Gasteiger partial charge in [0.1, 0.15) is 17.4 Å². The third kappa shape index (κ3) is 11.1. The number of carbonyl (C=O) groups is 6. The Bertz CT molecular complexity index is 1310. The monoisotopic (exact) mass is 641 g/mol. The third-order valence-electron chi connectivity index (χ3n) is 6.28. The molecule has 0 aromatic carbocycles. The zero-order valence-electron chi connectivity index (χ0n) is 25.3. The first-order valence-electron chi connectivity index (χ1n) is 13.8. The van der Waals surface area contributed by atoms with E-state index in [-0.39, 0.29) is 60.1 Å². The van der Waals surface area contributed by atoms with Gasteiger partial charge in [0.2, 0.25) is 0 Å². The van der Waals surface area contributed by atoms with Crippen molar-refractivity contribution in [3.63, 3.8) is 0 Å². The SMILES string of the molecule is CC(C)C[C@@H](C[NH3+])NC(=O)c1nc[nH]c1C(=O)N[C@@H](C)C(=O)CNC[C@H](C)NC(=O)c1nc[nH]c1C(=O)N[C@@H](C)C(=O)O.Cl. The third-order valence-corrected chi connectivity index (χ3v) is 6.28. The lowest BCUT2D eigenvalue weighted by Crippen LogP contribution is -2.60. The molecule has 44 heavy (non-hydrogen) atoms. The molecule has 2 heterocycles. The van der Waals surface area contributed by atoms with Gasteiger partial charge >= 0.3 is 5.97 Å². The summed E-state index contributed by atoms with van der Waals surface area (Å²) in [6, 6.07) is -2.76. The van der Waals surface area contributed by atoms with E-state index in [1.165, 1.54) is 20.2 Å². The molecule has 11 N–H and O–H groups in total. The number of hydrogen-bond donors (Lipinski definition) is 9. The quantitative estimate of drug-likeness (QED) is 0.0938. The van der Waals surface area contributed by atoms with Crippen LogP contribution in [0.5, 0.6) is 0 Å². The molecule has 0 aliphatic carbocycles. The van der Waals surface area contributed by atoms with Crippen molar-refractivity contribution in [2.75, 3.05) is 19.6 Å². The van der Waals surface area contributed by atoms with Gasteiger partial charge in [0.05, 0.1) is 37.8 Å². The fourth-order valence-electron chi connectivity index (χ4n) is 3.94. The fourth-order valence-corrected chi connectivity index (χ4v) is 3.94. The maximum Gasteiger partial charge on any atom is 0.325 e. The molecule has 244 valence electrons. The number of Topliss-reactive ketones (excluding diaryl/α,β-unsaturated/α-hetero) is 1. The summed E-state index contributed by atoms with van der Waals surface area (Å²) in [6.07, 6.45) is 3.08. The second kappa shape index (κ2) is 17.7. The number of imidazole rings is 2. The molecule has 4 amide bonds. The van der Waals surface area contributed by atoms with Gasteiger partial charge in [0.15, 0.2) is 17.2 Å². The maximum atomic E-state index is 12.8. The van der Waals surface area contributed by atoms with Crippen molar-refractivity contribution in [2.24, 2.45) is 5.92 Å².